The molecule has 3 atom stereocenters. The molecule has 2 N–H and O–H groups in total. The molecule has 3 heterocycles. The summed E-state index contributed by atoms with van der Waals surface area (Å²) < 4.78 is 0. The summed E-state index contributed by atoms with van der Waals surface area (Å²) >= 11 is 0. The van der Waals surface area contributed by atoms with Crippen molar-refractivity contribution in [2.75, 3.05) is 20.2 Å². The molecule has 0 aromatic heterocycles. The Labute approximate surface area is 121 Å². The third-order valence-electron chi connectivity index (χ3n) is 5.52. The average Bonchev–Trinajstić information content (AvgIpc) is 2.88. The maximum absolute atomic E-state index is 12.4. The van der Waals surface area contributed by atoms with Crippen molar-refractivity contribution < 1.29 is 9.90 Å². The minimum atomic E-state index is 0.0285. The van der Waals surface area contributed by atoms with E-state index in [1.165, 1.54) is 19.3 Å². The van der Waals surface area contributed by atoms with Crippen LogP contribution < -0.4 is 5.32 Å². The van der Waals surface area contributed by atoms with E-state index in [1.807, 2.05) is 4.90 Å². The summed E-state index contributed by atoms with van der Waals surface area (Å²) in [5.74, 6) is 0. The second-order valence-corrected chi connectivity index (χ2v) is 6.69. The molecule has 0 aromatic rings. The molecule has 0 aromatic carbocycles. The Hall–Kier alpha value is -0.810. The number of piperidine rings is 2. The van der Waals surface area contributed by atoms with Crippen molar-refractivity contribution in [3.05, 3.63) is 0 Å². The highest BCUT2D eigenvalue weighted by Crippen LogP contribution is 2.32. The first-order chi connectivity index (χ1) is 9.69. The van der Waals surface area contributed by atoms with Gasteiger partial charge in [-0.25, -0.2) is 4.79 Å². The molecule has 0 unspecified atom stereocenters. The van der Waals surface area contributed by atoms with Crippen LogP contribution in [0.25, 0.3) is 0 Å². The third kappa shape index (κ3) is 2.66. The van der Waals surface area contributed by atoms with E-state index in [0.717, 1.165) is 32.2 Å². The zero-order valence-corrected chi connectivity index (χ0v) is 12.4. The fraction of sp³-hybridized carbons (Fsp3) is 0.933. The SMILES string of the molecule is CN1[C@H]2CCC[C@H]1CC(NC(=O)N1CCC[C@H]1CO)C2. The van der Waals surface area contributed by atoms with Gasteiger partial charge < -0.3 is 20.2 Å². The van der Waals surface area contributed by atoms with Gasteiger partial charge in [-0.1, -0.05) is 6.42 Å². The van der Waals surface area contributed by atoms with Crippen LogP contribution in [0.5, 0.6) is 0 Å². The molecule has 114 valence electrons. The lowest BCUT2D eigenvalue weighted by atomic mass is 9.82. The number of amides is 2. The molecule has 5 nitrogen and oxygen atoms in total. The fourth-order valence-electron chi connectivity index (χ4n) is 4.28. The van der Waals surface area contributed by atoms with E-state index in [4.69, 9.17) is 0 Å². The lowest BCUT2D eigenvalue weighted by Gasteiger charge is -2.47. The van der Waals surface area contributed by atoms with E-state index in [2.05, 4.69) is 17.3 Å². The van der Waals surface area contributed by atoms with Crippen LogP contribution in [-0.2, 0) is 0 Å². The molecule has 2 amide bonds. The van der Waals surface area contributed by atoms with Gasteiger partial charge in [0, 0.05) is 24.7 Å². The molecular formula is C15H27N3O2. The van der Waals surface area contributed by atoms with Crippen molar-refractivity contribution in [1.29, 1.82) is 0 Å². The van der Waals surface area contributed by atoms with Gasteiger partial charge in [-0.05, 0) is 45.6 Å². The van der Waals surface area contributed by atoms with Crippen LogP contribution in [0.4, 0.5) is 4.79 Å². The van der Waals surface area contributed by atoms with E-state index < -0.39 is 0 Å². The van der Waals surface area contributed by atoms with Crippen LogP contribution in [0.1, 0.15) is 44.9 Å². The van der Waals surface area contributed by atoms with E-state index in [9.17, 15) is 9.90 Å². The lowest BCUT2D eigenvalue weighted by Crippen LogP contribution is -2.57. The minimum absolute atomic E-state index is 0.0285. The Morgan fingerprint density at radius 3 is 2.55 bits per heavy atom. The number of aliphatic hydroxyl groups excluding tert-OH is 1. The molecule has 3 aliphatic rings. The van der Waals surface area contributed by atoms with Crippen molar-refractivity contribution >= 4 is 6.03 Å². The number of carbonyl (C=O) groups is 1. The van der Waals surface area contributed by atoms with Gasteiger partial charge >= 0.3 is 6.03 Å². The molecule has 3 saturated heterocycles. The predicted molar refractivity (Wildman–Crippen MR) is 77.6 cm³/mol. The van der Waals surface area contributed by atoms with E-state index in [1.54, 1.807) is 0 Å². The number of carbonyl (C=O) groups excluding carboxylic acids is 1. The van der Waals surface area contributed by atoms with Gasteiger partial charge in [0.15, 0.2) is 0 Å². The van der Waals surface area contributed by atoms with Gasteiger partial charge in [0.1, 0.15) is 0 Å². The first kappa shape index (κ1) is 14.1. The van der Waals surface area contributed by atoms with Gasteiger partial charge in [0.2, 0.25) is 0 Å². The molecule has 20 heavy (non-hydrogen) atoms. The minimum Gasteiger partial charge on any atom is -0.394 e. The molecule has 5 heteroatoms. The van der Waals surface area contributed by atoms with Crippen molar-refractivity contribution in [2.24, 2.45) is 0 Å². The Bertz CT molecular complexity index is 349. The van der Waals surface area contributed by atoms with Crippen molar-refractivity contribution in [1.82, 2.24) is 15.1 Å². The third-order valence-corrected chi connectivity index (χ3v) is 5.52. The number of nitrogens with one attached hydrogen (secondary N) is 1. The predicted octanol–water partition coefficient (Wildman–Crippen LogP) is 1.17. The van der Waals surface area contributed by atoms with Crippen molar-refractivity contribution in [2.45, 2.75) is 69.1 Å². The van der Waals surface area contributed by atoms with Crippen LogP contribution in [-0.4, -0.2) is 65.3 Å². The quantitative estimate of drug-likeness (QED) is 0.799. The summed E-state index contributed by atoms with van der Waals surface area (Å²) in [5, 5.41) is 12.6. The van der Waals surface area contributed by atoms with Gasteiger partial charge in [0.05, 0.1) is 12.6 Å². The zero-order valence-electron chi connectivity index (χ0n) is 12.4. The Morgan fingerprint density at radius 2 is 1.90 bits per heavy atom. The highest BCUT2D eigenvalue weighted by atomic mass is 16.3. The summed E-state index contributed by atoms with van der Waals surface area (Å²) in [6.45, 7) is 0.878. The molecule has 2 bridgehead atoms. The van der Waals surface area contributed by atoms with Gasteiger partial charge in [-0.15, -0.1) is 0 Å². The number of fused-ring (bicyclic) bond motifs is 2. The van der Waals surface area contributed by atoms with E-state index in [-0.39, 0.29) is 18.7 Å². The number of hydrogen-bond acceptors (Lipinski definition) is 3. The Morgan fingerprint density at radius 1 is 1.20 bits per heavy atom. The number of rotatable bonds is 2. The Balaban J connectivity index is 1.57. The summed E-state index contributed by atoms with van der Waals surface area (Å²) in [4.78, 5) is 16.7. The number of hydrogen-bond donors (Lipinski definition) is 2. The molecule has 0 saturated carbocycles. The topological polar surface area (TPSA) is 55.8 Å². The molecular weight excluding hydrogens is 254 g/mol. The Kier molecular flexibility index (Phi) is 4.17. The second kappa shape index (κ2) is 5.90. The van der Waals surface area contributed by atoms with Crippen LogP contribution in [0.15, 0.2) is 0 Å². The normalized spacial score (nSPS) is 38.0. The van der Waals surface area contributed by atoms with Crippen molar-refractivity contribution in [3.8, 4) is 0 Å². The van der Waals surface area contributed by atoms with Gasteiger partial charge in [0.25, 0.3) is 0 Å². The highest BCUT2D eigenvalue weighted by Gasteiger charge is 2.37. The second-order valence-electron chi connectivity index (χ2n) is 6.69. The van der Waals surface area contributed by atoms with E-state index >= 15 is 0 Å². The highest BCUT2D eigenvalue weighted by molar-refractivity contribution is 5.75. The number of urea groups is 1. The summed E-state index contributed by atoms with van der Waals surface area (Å²) in [6, 6.07) is 1.66. The molecule has 0 radical (unpaired) electrons. The zero-order chi connectivity index (χ0) is 14.1. The number of aliphatic hydroxyl groups is 1. The van der Waals surface area contributed by atoms with Crippen LogP contribution in [0.2, 0.25) is 0 Å². The summed E-state index contributed by atoms with van der Waals surface area (Å²) in [6.07, 6.45) is 7.97. The molecule has 3 rings (SSSR count). The fourth-order valence-corrected chi connectivity index (χ4v) is 4.28. The summed E-state index contributed by atoms with van der Waals surface area (Å²) in [5.41, 5.74) is 0. The average molecular weight is 281 g/mol. The molecule has 0 spiro atoms. The number of likely N-dealkylation sites (tertiary alicyclic amines) is 1. The number of nitrogens with zero attached hydrogens (tertiary/aromatic N) is 2. The van der Waals surface area contributed by atoms with Crippen LogP contribution in [0.3, 0.4) is 0 Å². The standard InChI is InChI=1S/C15H27N3O2/c1-17-12-4-2-5-13(17)9-11(8-12)16-15(20)18-7-3-6-14(18)10-19/h11-14,19H,2-10H2,1H3,(H,16,20)/t12-,13-,14-/m0/s1. The monoisotopic (exact) mass is 281 g/mol. The van der Waals surface area contributed by atoms with Crippen LogP contribution in [0, 0.1) is 0 Å². The molecule has 3 fully saturated rings. The van der Waals surface area contributed by atoms with Crippen molar-refractivity contribution in [3.63, 3.8) is 0 Å². The van der Waals surface area contributed by atoms with E-state index in [0.29, 0.717) is 18.1 Å². The molecule has 3 aliphatic heterocycles. The van der Waals surface area contributed by atoms with Crippen LogP contribution >= 0.6 is 0 Å². The largest absolute Gasteiger partial charge is 0.394 e. The first-order valence-electron chi connectivity index (χ1n) is 8.09. The maximum atomic E-state index is 12.4. The lowest BCUT2D eigenvalue weighted by molar-refractivity contribution is 0.0487. The maximum Gasteiger partial charge on any atom is 0.317 e. The molecule has 0 aliphatic carbocycles. The summed E-state index contributed by atoms with van der Waals surface area (Å²) in [7, 11) is 2.23. The van der Waals surface area contributed by atoms with Gasteiger partial charge in [-0.2, -0.15) is 0 Å². The van der Waals surface area contributed by atoms with Gasteiger partial charge in [-0.3, -0.25) is 0 Å². The first-order valence-corrected chi connectivity index (χ1v) is 8.09. The smallest absolute Gasteiger partial charge is 0.317 e.